The number of piperidine rings is 2. The number of carbonyl (C=O) groups is 3. The van der Waals surface area contributed by atoms with E-state index in [0.29, 0.717) is 42.4 Å². The van der Waals surface area contributed by atoms with Crippen LogP contribution in [-0.2, 0) is 29.2 Å². The number of nitrogens with zero attached hydrogens (tertiary/aromatic N) is 3. The molecule has 2 saturated heterocycles. The van der Waals surface area contributed by atoms with Crippen LogP contribution in [0.1, 0.15) is 46.3 Å². The number of benzene rings is 3. The summed E-state index contributed by atoms with van der Waals surface area (Å²) in [6.45, 7) is 3.28. The number of carbonyl (C=O) groups excluding carboxylic acids is 3. The van der Waals surface area contributed by atoms with Gasteiger partial charge in [-0.05, 0) is 53.9 Å². The van der Waals surface area contributed by atoms with Gasteiger partial charge in [-0.25, -0.2) is 0 Å². The van der Waals surface area contributed by atoms with Gasteiger partial charge in [-0.2, -0.15) is 0 Å². The molecule has 0 aliphatic carbocycles. The molecule has 2 fully saturated rings. The normalized spacial score (nSPS) is 22.9. The number of nitrogens with one attached hydrogen (secondary N) is 1. The van der Waals surface area contributed by atoms with Crippen LogP contribution in [0.25, 0.3) is 5.32 Å². The first kappa shape index (κ1) is 27.4. The van der Waals surface area contributed by atoms with Crippen molar-refractivity contribution in [2.24, 2.45) is 0 Å². The average molecular weight is 572 g/mol. The Balaban J connectivity index is 1.17. The van der Waals surface area contributed by atoms with Crippen molar-refractivity contribution in [1.29, 1.82) is 0 Å². The molecular weight excluding hydrogens is 540 g/mol. The van der Waals surface area contributed by atoms with E-state index < -0.39 is 11.9 Å². The molecule has 9 heteroatoms. The maximum Gasteiger partial charge on any atom is 0.255 e. The molecule has 41 heavy (non-hydrogen) atoms. The lowest BCUT2D eigenvalue weighted by Gasteiger charge is -2.46. The zero-order chi connectivity index (χ0) is 28.3. The van der Waals surface area contributed by atoms with Crippen LogP contribution in [0.4, 0.5) is 0 Å². The third kappa shape index (κ3) is 6.15. The lowest BCUT2D eigenvalue weighted by atomic mass is 10.00. The van der Waals surface area contributed by atoms with Crippen LogP contribution in [0, 0.1) is 0 Å². The van der Waals surface area contributed by atoms with E-state index in [-0.39, 0.29) is 30.4 Å². The SMILES string of the molecule is O=C1CCC(N2Cc3cc(O[C@@H]4CN(Cc5ccccc5)CCC4[N-]Cc4ccccc4Cl)ccc3C2=O)C(=O)N1. The summed E-state index contributed by atoms with van der Waals surface area (Å²) in [5.41, 5.74) is 3.63. The van der Waals surface area contributed by atoms with Crippen molar-refractivity contribution in [3.63, 3.8) is 0 Å². The fraction of sp³-hybridized carbons (Fsp3) is 0.344. The summed E-state index contributed by atoms with van der Waals surface area (Å²) in [6.07, 6.45) is 1.23. The third-order valence-electron chi connectivity index (χ3n) is 8.09. The maximum atomic E-state index is 13.1. The van der Waals surface area contributed by atoms with Gasteiger partial charge in [0, 0.05) is 36.6 Å². The minimum absolute atomic E-state index is 0.0202. The monoisotopic (exact) mass is 571 g/mol. The Kier molecular flexibility index (Phi) is 8.05. The van der Waals surface area contributed by atoms with E-state index in [2.05, 4.69) is 34.5 Å². The predicted molar refractivity (Wildman–Crippen MR) is 156 cm³/mol. The first-order chi connectivity index (χ1) is 19.9. The van der Waals surface area contributed by atoms with Gasteiger partial charge in [0.15, 0.2) is 0 Å². The van der Waals surface area contributed by atoms with Crippen molar-refractivity contribution >= 4 is 29.3 Å². The van der Waals surface area contributed by atoms with Gasteiger partial charge in [-0.15, -0.1) is 6.54 Å². The number of rotatable bonds is 8. The Bertz CT molecular complexity index is 1450. The van der Waals surface area contributed by atoms with Crippen LogP contribution in [0.2, 0.25) is 5.02 Å². The Labute approximate surface area is 244 Å². The molecule has 3 amide bonds. The highest BCUT2D eigenvalue weighted by Crippen LogP contribution is 2.32. The summed E-state index contributed by atoms with van der Waals surface area (Å²) in [6, 6.07) is 23.0. The fourth-order valence-electron chi connectivity index (χ4n) is 5.92. The summed E-state index contributed by atoms with van der Waals surface area (Å²) in [4.78, 5) is 41.1. The zero-order valence-electron chi connectivity index (χ0n) is 22.7. The summed E-state index contributed by atoms with van der Waals surface area (Å²) >= 11 is 6.40. The molecule has 212 valence electrons. The van der Waals surface area contributed by atoms with Gasteiger partial charge in [0.05, 0.1) is 6.10 Å². The van der Waals surface area contributed by atoms with Crippen molar-refractivity contribution in [1.82, 2.24) is 15.1 Å². The van der Waals surface area contributed by atoms with E-state index in [0.717, 1.165) is 30.6 Å². The number of fused-ring (bicyclic) bond motifs is 1. The van der Waals surface area contributed by atoms with E-state index in [1.54, 1.807) is 11.0 Å². The van der Waals surface area contributed by atoms with Gasteiger partial charge in [0.2, 0.25) is 11.8 Å². The Morgan fingerprint density at radius 2 is 1.78 bits per heavy atom. The molecule has 3 aromatic carbocycles. The van der Waals surface area contributed by atoms with Crippen molar-refractivity contribution in [3.05, 3.63) is 105 Å². The second kappa shape index (κ2) is 12.0. The first-order valence-corrected chi connectivity index (χ1v) is 14.4. The molecule has 3 aliphatic heterocycles. The molecule has 3 aromatic rings. The second-order valence-corrected chi connectivity index (χ2v) is 11.3. The molecule has 1 N–H and O–H groups in total. The maximum absolute atomic E-state index is 13.1. The highest BCUT2D eigenvalue weighted by molar-refractivity contribution is 6.31. The van der Waals surface area contributed by atoms with Gasteiger partial charge in [-0.1, -0.05) is 72.6 Å². The van der Waals surface area contributed by atoms with Crippen LogP contribution in [0.5, 0.6) is 5.75 Å². The Hall–Kier alpha value is -3.72. The van der Waals surface area contributed by atoms with Gasteiger partial charge in [0.25, 0.3) is 5.91 Å². The van der Waals surface area contributed by atoms with Gasteiger partial charge in [-0.3, -0.25) is 24.6 Å². The standard InChI is InChI=1S/C32H32ClN4O4/c33-26-9-5-4-8-22(26)17-34-27-14-15-36(18-21-6-2-1-3-7-21)20-29(27)41-24-10-11-25-23(16-24)19-37(32(25)40)28-12-13-30(38)35-31(28)39/h1-11,16,27-29H,12-15,17-20H2,(H,35,38,39)/q-1/t27?,28?,29-/m1/s1. The van der Waals surface area contributed by atoms with E-state index in [9.17, 15) is 14.4 Å². The topological polar surface area (TPSA) is 93.1 Å². The van der Waals surface area contributed by atoms with Crippen molar-refractivity contribution in [2.45, 2.75) is 57.1 Å². The lowest BCUT2D eigenvalue weighted by molar-refractivity contribution is -0.136. The summed E-state index contributed by atoms with van der Waals surface area (Å²) in [5.74, 6) is -0.233. The lowest BCUT2D eigenvalue weighted by Crippen LogP contribution is -2.52. The van der Waals surface area contributed by atoms with Gasteiger partial charge in [0.1, 0.15) is 11.8 Å². The molecular formula is C32H32ClN4O4-. The highest BCUT2D eigenvalue weighted by Gasteiger charge is 2.39. The van der Waals surface area contributed by atoms with E-state index in [1.165, 1.54) is 5.56 Å². The third-order valence-corrected chi connectivity index (χ3v) is 8.46. The van der Waals surface area contributed by atoms with Crippen LogP contribution in [0.15, 0.2) is 72.8 Å². The number of imide groups is 1. The molecule has 0 aromatic heterocycles. The van der Waals surface area contributed by atoms with Gasteiger partial charge < -0.3 is 15.0 Å². The van der Waals surface area contributed by atoms with E-state index in [1.807, 2.05) is 42.5 Å². The van der Waals surface area contributed by atoms with Crippen LogP contribution < -0.4 is 10.1 Å². The number of ether oxygens (including phenoxy) is 1. The van der Waals surface area contributed by atoms with Crippen molar-refractivity contribution < 1.29 is 19.1 Å². The first-order valence-electron chi connectivity index (χ1n) is 14.0. The number of hydrogen-bond donors (Lipinski definition) is 1. The molecule has 3 atom stereocenters. The number of halogens is 1. The molecule has 2 unspecified atom stereocenters. The predicted octanol–water partition coefficient (Wildman–Crippen LogP) is 4.70. The van der Waals surface area contributed by atoms with Crippen molar-refractivity contribution in [3.8, 4) is 5.75 Å². The minimum Gasteiger partial charge on any atom is -0.653 e. The fourth-order valence-corrected chi connectivity index (χ4v) is 6.11. The van der Waals surface area contributed by atoms with E-state index >= 15 is 0 Å². The van der Waals surface area contributed by atoms with Crippen LogP contribution in [-0.4, -0.2) is 58.8 Å². The summed E-state index contributed by atoms with van der Waals surface area (Å²) in [7, 11) is 0. The smallest absolute Gasteiger partial charge is 0.255 e. The minimum atomic E-state index is -0.644. The Morgan fingerprint density at radius 1 is 0.976 bits per heavy atom. The van der Waals surface area contributed by atoms with Crippen molar-refractivity contribution in [2.75, 3.05) is 13.1 Å². The number of likely N-dealkylation sites (tertiary alicyclic amines) is 1. The molecule has 0 bridgehead atoms. The molecule has 0 saturated carbocycles. The zero-order valence-corrected chi connectivity index (χ0v) is 23.4. The van der Waals surface area contributed by atoms with Crippen LogP contribution in [0.3, 0.4) is 0 Å². The molecule has 0 spiro atoms. The molecule has 8 nitrogen and oxygen atoms in total. The number of hydrogen-bond acceptors (Lipinski definition) is 5. The second-order valence-electron chi connectivity index (χ2n) is 10.9. The summed E-state index contributed by atoms with van der Waals surface area (Å²) in [5, 5.41) is 8.10. The van der Waals surface area contributed by atoms with Crippen LogP contribution >= 0.6 is 11.6 Å². The molecule has 3 aliphatic rings. The summed E-state index contributed by atoms with van der Waals surface area (Å²) < 4.78 is 6.61. The largest absolute Gasteiger partial charge is 0.653 e. The number of amides is 3. The molecule has 0 radical (unpaired) electrons. The molecule has 3 heterocycles. The van der Waals surface area contributed by atoms with E-state index in [4.69, 9.17) is 21.7 Å². The average Bonchev–Trinajstić information content (AvgIpc) is 3.29. The highest BCUT2D eigenvalue weighted by atomic mass is 35.5. The molecule has 6 rings (SSSR count). The van der Waals surface area contributed by atoms with Gasteiger partial charge >= 0.3 is 0 Å². The Morgan fingerprint density at radius 3 is 2.59 bits per heavy atom. The quantitative estimate of drug-likeness (QED) is 0.396.